The van der Waals surface area contributed by atoms with Crippen LogP contribution in [0, 0.1) is 6.92 Å². The number of nitrogens with one attached hydrogen (secondary N) is 1. The average Bonchev–Trinajstić information content (AvgIpc) is 3.26. The molecular formula is C24H21ClN2O5S. The maximum atomic E-state index is 13.2. The predicted molar refractivity (Wildman–Crippen MR) is 126 cm³/mol. The number of anilines is 2. The molecule has 0 unspecified atom stereocenters. The molecule has 1 heterocycles. The first-order valence-corrected chi connectivity index (χ1v) is 12.0. The second kappa shape index (κ2) is 9.25. The van der Waals surface area contributed by atoms with Gasteiger partial charge >= 0.3 is 5.97 Å². The van der Waals surface area contributed by atoms with Crippen molar-refractivity contribution in [1.82, 2.24) is 0 Å². The van der Waals surface area contributed by atoms with E-state index in [4.69, 9.17) is 16.3 Å². The van der Waals surface area contributed by atoms with E-state index in [1.165, 1.54) is 28.6 Å². The van der Waals surface area contributed by atoms with Crippen LogP contribution in [0.25, 0.3) is 0 Å². The average molecular weight is 485 g/mol. The second-order valence-electron chi connectivity index (χ2n) is 7.52. The second-order valence-corrected chi connectivity index (χ2v) is 9.79. The zero-order chi connectivity index (χ0) is 23.6. The number of halogens is 1. The van der Waals surface area contributed by atoms with Gasteiger partial charge in [-0.3, -0.25) is 9.10 Å². The summed E-state index contributed by atoms with van der Waals surface area (Å²) >= 11 is 6.04. The van der Waals surface area contributed by atoms with Crippen LogP contribution in [0.2, 0.25) is 5.02 Å². The largest absolute Gasteiger partial charge is 0.452 e. The van der Waals surface area contributed by atoms with E-state index in [0.717, 1.165) is 5.56 Å². The standard InChI is InChI=1S/C24H21ClN2O5S/c1-16-20(25)9-5-10-21(16)26-23(28)15-32-24(29)18-7-4-8-19(14-18)33(30,31)27-13-12-17-6-2-3-11-22(17)27/h2-11,14H,12-13,15H2,1H3,(H,26,28). The van der Waals surface area contributed by atoms with Gasteiger partial charge in [0.15, 0.2) is 6.61 Å². The number of rotatable bonds is 6. The fourth-order valence-electron chi connectivity index (χ4n) is 3.61. The smallest absolute Gasteiger partial charge is 0.338 e. The van der Waals surface area contributed by atoms with E-state index in [2.05, 4.69) is 5.32 Å². The van der Waals surface area contributed by atoms with E-state index < -0.39 is 28.5 Å². The van der Waals surface area contributed by atoms with Crippen molar-refractivity contribution in [3.05, 3.63) is 88.4 Å². The summed E-state index contributed by atoms with van der Waals surface area (Å²) in [4.78, 5) is 24.7. The lowest BCUT2D eigenvalue weighted by molar-refractivity contribution is -0.119. The number of amides is 1. The minimum Gasteiger partial charge on any atom is -0.452 e. The number of hydrogen-bond acceptors (Lipinski definition) is 5. The van der Waals surface area contributed by atoms with E-state index in [0.29, 0.717) is 34.9 Å². The van der Waals surface area contributed by atoms with Gasteiger partial charge in [-0.05, 0) is 60.9 Å². The maximum Gasteiger partial charge on any atom is 0.338 e. The molecule has 170 valence electrons. The van der Waals surface area contributed by atoms with Gasteiger partial charge in [0.25, 0.3) is 15.9 Å². The third-order valence-corrected chi connectivity index (χ3v) is 7.60. The van der Waals surface area contributed by atoms with Crippen molar-refractivity contribution >= 4 is 44.9 Å². The van der Waals surface area contributed by atoms with E-state index in [1.807, 2.05) is 12.1 Å². The quantitative estimate of drug-likeness (QED) is 0.529. The SMILES string of the molecule is Cc1c(Cl)cccc1NC(=O)COC(=O)c1cccc(S(=O)(=O)N2CCc3ccccc32)c1. The summed E-state index contributed by atoms with van der Waals surface area (Å²) in [5, 5.41) is 3.14. The van der Waals surface area contributed by atoms with Crippen LogP contribution in [0.3, 0.4) is 0 Å². The van der Waals surface area contributed by atoms with Crippen LogP contribution in [0.4, 0.5) is 11.4 Å². The first kappa shape index (κ1) is 22.8. The van der Waals surface area contributed by atoms with Crippen molar-refractivity contribution in [3.63, 3.8) is 0 Å². The Labute approximate surface area is 197 Å². The Kier molecular flexibility index (Phi) is 6.40. The number of carbonyl (C=O) groups excluding carboxylic acids is 2. The van der Waals surface area contributed by atoms with Crippen molar-refractivity contribution in [2.24, 2.45) is 0 Å². The molecule has 4 rings (SSSR count). The van der Waals surface area contributed by atoms with Crippen molar-refractivity contribution in [2.45, 2.75) is 18.2 Å². The third-order valence-electron chi connectivity index (χ3n) is 5.38. The highest BCUT2D eigenvalue weighted by atomic mass is 35.5. The fraction of sp³-hybridized carbons (Fsp3) is 0.167. The molecule has 0 spiro atoms. The summed E-state index contributed by atoms with van der Waals surface area (Å²) in [6.45, 7) is 1.56. The molecule has 33 heavy (non-hydrogen) atoms. The fourth-order valence-corrected chi connectivity index (χ4v) is 5.34. The maximum absolute atomic E-state index is 13.2. The first-order valence-electron chi connectivity index (χ1n) is 10.2. The van der Waals surface area contributed by atoms with Crippen LogP contribution in [-0.2, 0) is 26.0 Å². The van der Waals surface area contributed by atoms with E-state index in [1.54, 1.807) is 37.3 Å². The Balaban J connectivity index is 1.45. The number of fused-ring (bicyclic) bond motifs is 1. The Bertz CT molecular complexity index is 1340. The molecule has 3 aromatic carbocycles. The summed E-state index contributed by atoms with van der Waals surface area (Å²) in [5.41, 5.74) is 2.84. The molecule has 0 bridgehead atoms. The molecule has 3 aromatic rings. The topological polar surface area (TPSA) is 92.8 Å². The zero-order valence-electron chi connectivity index (χ0n) is 17.7. The number of carbonyl (C=O) groups is 2. The van der Waals surface area contributed by atoms with Gasteiger partial charge in [-0.15, -0.1) is 0 Å². The van der Waals surface area contributed by atoms with Gasteiger partial charge in [-0.1, -0.05) is 41.9 Å². The highest BCUT2D eigenvalue weighted by Gasteiger charge is 2.31. The summed E-state index contributed by atoms with van der Waals surface area (Å²) in [6, 6.07) is 18.0. The summed E-state index contributed by atoms with van der Waals surface area (Å²) in [7, 11) is -3.86. The first-order chi connectivity index (χ1) is 15.8. The summed E-state index contributed by atoms with van der Waals surface area (Å²) in [5.74, 6) is -1.34. The number of nitrogens with zero attached hydrogens (tertiary/aromatic N) is 1. The third kappa shape index (κ3) is 4.72. The number of sulfonamides is 1. The van der Waals surface area contributed by atoms with Gasteiger partial charge < -0.3 is 10.1 Å². The van der Waals surface area contributed by atoms with Gasteiger partial charge in [0.1, 0.15) is 0 Å². The highest BCUT2D eigenvalue weighted by Crippen LogP contribution is 2.32. The number of para-hydroxylation sites is 1. The molecule has 0 aliphatic carbocycles. The van der Waals surface area contributed by atoms with Crippen LogP contribution >= 0.6 is 11.6 Å². The molecule has 0 aromatic heterocycles. The van der Waals surface area contributed by atoms with Crippen LogP contribution in [-0.4, -0.2) is 33.4 Å². The number of hydrogen-bond donors (Lipinski definition) is 1. The van der Waals surface area contributed by atoms with Crippen molar-refractivity contribution in [3.8, 4) is 0 Å². The Morgan fingerprint density at radius 1 is 1.06 bits per heavy atom. The molecule has 1 amide bonds. The molecule has 0 radical (unpaired) electrons. The van der Waals surface area contributed by atoms with Crippen molar-refractivity contribution in [1.29, 1.82) is 0 Å². The van der Waals surface area contributed by atoms with Gasteiger partial charge in [0.05, 0.1) is 16.1 Å². The number of benzene rings is 3. The molecule has 1 aliphatic heterocycles. The van der Waals surface area contributed by atoms with Gasteiger partial charge in [0.2, 0.25) is 0 Å². The summed E-state index contributed by atoms with van der Waals surface area (Å²) in [6.07, 6.45) is 0.623. The van der Waals surface area contributed by atoms with E-state index >= 15 is 0 Å². The molecule has 0 atom stereocenters. The minimum absolute atomic E-state index is 0.0207. The molecular weight excluding hydrogens is 464 g/mol. The molecule has 0 saturated carbocycles. The Morgan fingerprint density at radius 3 is 2.64 bits per heavy atom. The molecule has 1 N–H and O–H groups in total. The molecule has 0 saturated heterocycles. The van der Waals surface area contributed by atoms with E-state index in [-0.39, 0.29) is 10.5 Å². The Hall–Kier alpha value is -3.36. The van der Waals surface area contributed by atoms with Crippen molar-refractivity contribution in [2.75, 3.05) is 22.8 Å². The van der Waals surface area contributed by atoms with Gasteiger partial charge in [-0.25, -0.2) is 13.2 Å². The Morgan fingerprint density at radius 2 is 1.82 bits per heavy atom. The molecule has 0 fully saturated rings. The van der Waals surface area contributed by atoms with E-state index in [9.17, 15) is 18.0 Å². The van der Waals surface area contributed by atoms with Crippen molar-refractivity contribution < 1.29 is 22.7 Å². The van der Waals surface area contributed by atoms with Gasteiger partial charge in [-0.2, -0.15) is 0 Å². The van der Waals surface area contributed by atoms with Crippen LogP contribution < -0.4 is 9.62 Å². The highest BCUT2D eigenvalue weighted by molar-refractivity contribution is 7.92. The number of esters is 1. The zero-order valence-corrected chi connectivity index (χ0v) is 19.3. The van der Waals surface area contributed by atoms with Crippen LogP contribution in [0.15, 0.2) is 71.6 Å². The number of ether oxygens (including phenoxy) is 1. The van der Waals surface area contributed by atoms with Gasteiger partial charge in [0, 0.05) is 17.3 Å². The lowest BCUT2D eigenvalue weighted by Gasteiger charge is -2.19. The summed E-state index contributed by atoms with van der Waals surface area (Å²) < 4.78 is 32.8. The minimum atomic E-state index is -3.86. The monoisotopic (exact) mass is 484 g/mol. The van der Waals surface area contributed by atoms with Crippen LogP contribution in [0.1, 0.15) is 21.5 Å². The molecule has 9 heteroatoms. The lowest BCUT2D eigenvalue weighted by atomic mass is 10.2. The predicted octanol–water partition coefficient (Wildman–Crippen LogP) is 4.20. The molecule has 1 aliphatic rings. The normalized spacial score (nSPS) is 12.8. The van der Waals surface area contributed by atoms with Crippen LogP contribution in [0.5, 0.6) is 0 Å². The molecule has 7 nitrogen and oxygen atoms in total. The lowest BCUT2D eigenvalue weighted by Crippen LogP contribution is -2.29.